The Labute approximate surface area is 178 Å². The summed E-state index contributed by atoms with van der Waals surface area (Å²) in [6, 6.07) is 16.4. The minimum atomic E-state index is -0.403. The third kappa shape index (κ3) is 3.07. The summed E-state index contributed by atoms with van der Waals surface area (Å²) in [6.45, 7) is 4.68. The number of para-hydroxylation sites is 1. The Morgan fingerprint density at radius 3 is 2.70 bits per heavy atom. The van der Waals surface area contributed by atoms with Crippen LogP contribution in [0.4, 0.5) is 0 Å². The first-order chi connectivity index (χ1) is 14.5. The average Bonchev–Trinajstić information content (AvgIpc) is 3.27. The second-order valence-corrected chi connectivity index (χ2v) is 8.46. The maximum atomic E-state index is 12.6. The summed E-state index contributed by atoms with van der Waals surface area (Å²) in [5, 5.41) is 16.5. The lowest BCUT2D eigenvalue weighted by atomic mass is 10.1. The second kappa shape index (κ2) is 7.11. The van der Waals surface area contributed by atoms with Gasteiger partial charge in [-0.3, -0.25) is 10.2 Å². The van der Waals surface area contributed by atoms with Crippen molar-refractivity contribution < 1.29 is 4.79 Å². The Hall–Kier alpha value is -3.45. The van der Waals surface area contributed by atoms with E-state index in [1.54, 1.807) is 6.08 Å². The fourth-order valence-electron chi connectivity index (χ4n) is 3.74. The number of aromatic nitrogens is 1. The van der Waals surface area contributed by atoms with Crippen LogP contribution in [0.2, 0.25) is 0 Å². The smallest absolute Gasteiger partial charge is 0.283 e. The Bertz CT molecular complexity index is 1310. The predicted molar refractivity (Wildman–Crippen MR) is 123 cm³/mol. The minimum absolute atomic E-state index is 0.0603. The van der Waals surface area contributed by atoms with Gasteiger partial charge < -0.3 is 4.57 Å². The zero-order valence-corrected chi connectivity index (χ0v) is 17.4. The van der Waals surface area contributed by atoms with Gasteiger partial charge in [0.1, 0.15) is 0 Å². The van der Waals surface area contributed by atoms with Crippen LogP contribution in [0.25, 0.3) is 17.0 Å². The summed E-state index contributed by atoms with van der Waals surface area (Å²) >= 11 is 1.31. The van der Waals surface area contributed by atoms with E-state index < -0.39 is 5.91 Å². The molecule has 148 valence electrons. The Kier molecular flexibility index (Phi) is 4.40. The van der Waals surface area contributed by atoms with Crippen LogP contribution in [0, 0.1) is 12.3 Å². The monoisotopic (exact) mass is 413 g/mol. The van der Waals surface area contributed by atoms with Gasteiger partial charge in [0.15, 0.2) is 5.84 Å². The molecule has 6 nitrogen and oxygen atoms in total. The van der Waals surface area contributed by atoms with Crippen molar-refractivity contribution >= 4 is 50.7 Å². The lowest BCUT2D eigenvalue weighted by molar-refractivity contribution is -0.114. The summed E-state index contributed by atoms with van der Waals surface area (Å²) in [6.07, 6.45) is 3.80. The molecule has 2 aromatic carbocycles. The highest BCUT2D eigenvalue weighted by atomic mass is 32.2. The van der Waals surface area contributed by atoms with Crippen molar-refractivity contribution in [3.63, 3.8) is 0 Å². The van der Waals surface area contributed by atoms with Gasteiger partial charge in [-0.1, -0.05) is 42.5 Å². The predicted octanol–water partition coefficient (Wildman–Crippen LogP) is 4.64. The summed E-state index contributed by atoms with van der Waals surface area (Å²) in [4.78, 5) is 16.8. The molecule has 0 bridgehead atoms. The minimum Gasteiger partial charge on any atom is -0.342 e. The molecule has 1 amide bonds. The molecular formula is C23H19N5OS. The summed E-state index contributed by atoms with van der Waals surface area (Å²) < 4.78 is 2.18. The number of nitrogens with one attached hydrogen (secondary N) is 1. The molecule has 2 aliphatic heterocycles. The molecule has 2 aliphatic rings. The van der Waals surface area contributed by atoms with Gasteiger partial charge in [-0.2, -0.15) is 15.1 Å². The van der Waals surface area contributed by atoms with E-state index in [-0.39, 0.29) is 11.4 Å². The average molecular weight is 414 g/mol. The number of aliphatic imine (C=N–C) groups is 1. The quantitative estimate of drug-likeness (QED) is 0.636. The highest BCUT2D eigenvalue weighted by Crippen LogP contribution is 2.30. The molecule has 0 aliphatic carbocycles. The van der Waals surface area contributed by atoms with E-state index in [4.69, 9.17) is 5.41 Å². The fourth-order valence-corrected chi connectivity index (χ4v) is 4.47. The Balaban J connectivity index is 1.60. The lowest BCUT2D eigenvalue weighted by Gasteiger charge is -2.20. The normalized spacial score (nSPS) is 17.5. The van der Waals surface area contributed by atoms with Crippen LogP contribution < -0.4 is 0 Å². The van der Waals surface area contributed by atoms with Crippen LogP contribution in [-0.4, -0.2) is 31.5 Å². The topological polar surface area (TPSA) is 73.8 Å². The molecule has 7 heteroatoms. The van der Waals surface area contributed by atoms with Crippen LogP contribution in [0.1, 0.15) is 23.6 Å². The SMILES string of the molecule is CC1=NN2C(=N)C(=Cc3cn(Cc4ccccc4C)c4ccccc34)C(=O)N=C2S1. The molecule has 0 radical (unpaired) electrons. The summed E-state index contributed by atoms with van der Waals surface area (Å²) in [5.41, 5.74) is 4.69. The van der Waals surface area contributed by atoms with E-state index in [0.717, 1.165) is 28.1 Å². The van der Waals surface area contributed by atoms with Crippen molar-refractivity contribution in [2.24, 2.45) is 10.1 Å². The number of benzene rings is 2. The van der Waals surface area contributed by atoms with Crippen molar-refractivity contribution in [2.45, 2.75) is 20.4 Å². The van der Waals surface area contributed by atoms with E-state index in [2.05, 4.69) is 39.8 Å². The molecular weight excluding hydrogens is 394 g/mol. The van der Waals surface area contributed by atoms with Crippen LogP contribution in [-0.2, 0) is 11.3 Å². The number of fused-ring (bicyclic) bond motifs is 2. The highest BCUT2D eigenvalue weighted by Gasteiger charge is 2.34. The van der Waals surface area contributed by atoms with Crippen LogP contribution >= 0.6 is 11.8 Å². The van der Waals surface area contributed by atoms with E-state index in [1.165, 1.54) is 27.9 Å². The lowest BCUT2D eigenvalue weighted by Crippen LogP contribution is -2.35. The van der Waals surface area contributed by atoms with Gasteiger partial charge >= 0.3 is 0 Å². The third-order valence-corrected chi connectivity index (χ3v) is 6.10. The molecule has 0 unspecified atom stereocenters. The van der Waals surface area contributed by atoms with Crippen LogP contribution in [0.3, 0.4) is 0 Å². The molecule has 1 aromatic heterocycles. The first-order valence-corrected chi connectivity index (χ1v) is 10.4. The molecule has 1 N–H and O–H groups in total. The first-order valence-electron chi connectivity index (χ1n) is 9.60. The van der Waals surface area contributed by atoms with E-state index in [9.17, 15) is 4.79 Å². The highest BCUT2D eigenvalue weighted by molar-refractivity contribution is 8.26. The number of hydrazone groups is 1. The molecule has 5 rings (SSSR count). The number of nitrogens with zero attached hydrogens (tertiary/aromatic N) is 4. The molecule has 0 atom stereocenters. The zero-order chi connectivity index (χ0) is 20.8. The standard InChI is InChI=1S/C23H19N5OS/c1-14-7-3-4-8-16(14)12-27-13-17(18-9-5-6-10-20(18)27)11-19-21(24)28-23(25-22(19)29)30-15(2)26-28/h3-11,13,24H,12H2,1-2H3. The number of aryl methyl sites for hydroxylation is 1. The second-order valence-electron chi connectivity index (χ2n) is 7.30. The number of rotatable bonds is 3. The molecule has 30 heavy (non-hydrogen) atoms. The fraction of sp³-hybridized carbons (Fsp3) is 0.130. The van der Waals surface area contributed by atoms with Crippen molar-refractivity contribution in [3.05, 3.63) is 77.0 Å². The van der Waals surface area contributed by atoms with Gasteiger partial charge in [0, 0.05) is 29.2 Å². The van der Waals surface area contributed by atoms with E-state index in [0.29, 0.717) is 5.17 Å². The maximum absolute atomic E-state index is 12.6. The first kappa shape index (κ1) is 18.6. The van der Waals surface area contributed by atoms with Crippen molar-refractivity contribution in [3.8, 4) is 0 Å². The van der Waals surface area contributed by atoms with Gasteiger partial charge in [0.05, 0.1) is 10.6 Å². The zero-order valence-electron chi connectivity index (χ0n) is 16.6. The van der Waals surface area contributed by atoms with Crippen molar-refractivity contribution in [1.29, 1.82) is 5.41 Å². The summed E-state index contributed by atoms with van der Waals surface area (Å²) in [5.74, 6) is -0.343. The van der Waals surface area contributed by atoms with E-state index in [1.807, 2.05) is 43.5 Å². The molecule has 3 heterocycles. The number of carbonyl (C=O) groups is 1. The Morgan fingerprint density at radius 1 is 1.10 bits per heavy atom. The largest absolute Gasteiger partial charge is 0.342 e. The third-order valence-electron chi connectivity index (χ3n) is 5.28. The Morgan fingerprint density at radius 2 is 1.87 bits per heavy atom. The van der Waals surface area contributed by atoms with E-state index >= 15 is 0 Å². The van der Waals surface area contributed by atoms with Crippen LogP contribution in [0.15, 0.2) is 70.4 Å². The number of amides is 1. The number of carbonyl (C=O) groups excluding carboxylic acids is 1. The van der Waals surface area contributed by atoms with Gasteiger partial charge in [-0.05, 0) is 48.9 Å². The molecule has 3 aromatic rings. The maximum Gasteiger partial charge on any atom is 0.283 e. The summed E-state index contributed by atoms with van der Waals surface area (Å²) in [7, 11) is 0. The van der Waals surface area contributed by atoms with Crippen molar-refractivity contribution in [2.75, 3.05) is 0 Å². The van der Waals surface area contributed by atoms with Gasteiger partial charge in [-0.25, -0.2) is 0 Å². The van der Waals surface area contributed by atoms with Crippen molar-refractivity contribution in [1.82, 2.24) is 9.58 Å². The van der Waals surface area contributed by atoms with Gasteiger partial charge in [0.25, 0.3) is 5.91 Å². The van der Waals surface area contributed by atoms with Gasteiger partial charge in [-0.15, -0.1) is 0 Å². The molecule has 0 saturated heterocycles. The molecule has 0 spiro atoms. The van der Waals surface area contributed by atoms with Crippen LogP contribution in [0.5, 0.6) is 0 Å². The number of hydrogen-bond donors (Lipinski definition) is 1. The van der Waals surface area contributed by atoms with Gasteiger partial charge in [0.2, 0.25) is 5.17 Å². The molecule has 0 saturated carbocycles. The number of thioether (sulfide) groups is 1. The number of hydrogen-bond acceptors (Lipinski definition) is 4. The number of amidine groups is 2. The molecule has 0 fully saturated rings.